The number of anilines is 3. The summed E-state index contributed by atoms with van der Waals surface area (Å²) in [6.45, 7) is 8.32. The van der Waals surface area contributed by atoms with Crippen molar-refractivity contribution in [1.82, 2.24) is 15.0 Å². The molecular weight excluding hydrogens is 429 g/mol. The number of carbonyl (C=O) groups is 1. The second-order valence-electron chi connectivity index (χ2n) is 9.02. The minimum atomic E-state index is -0.318. The van der Waals surface area contributed by atoms with E-state index >= 15 is 0 Å². The first-order chi connectivity index (χ1) is 16.2. The van der Waals surface area contributed by atoms with Crippen molar-refractivity contribution >= 4 is 23.2 Å². The minimum Gasteiger partial charge on any atom is -0.324 e. The highest BCUT2D eigenvalue weighted by Gasteiger charge is 2.16. The number of aromatic nitrogens is 3. The molecule has 0 radical (unpaired) electrons. The summed E-state index contributed by atoms with van der Waals surface area (Å²) in [6.07, 6.45) is 1.41. The maximum Gasteiger partial charge on any atom is 0.255 e. The second kappa shape index (κ2) is 9.39. The number of benzene rings is 3. The third-order valence-electron chi connectivity index (χ3n) is 5.51. The molecular formula is C27H26FN5O. The van der Waals surface area contributed by atoms with Crippen LogP contribution >= 0.6 is 0 Å². The van der Waals surface area contributed by atoms with Gasteiger partial charge in [-0.15, -0.1) is 0 Å². The van der Waals surface area contributed by atoms with E-state index in [4.69, 9.17) is 0 Å². The highest BCUT2D eigenvalue weighted by molar-refractivity contribution is 6.05. The Hall–Kier alpha value is -4.13. The van der Waals surface area contributed by atoms with Crippen LogP contribution in [0.3, 0.4) is 0 Å². The summed E-state index contributed by atoms with van der Waals surface area (Å²) < 4.78 is 13.2. The Morgan fingerprint density at radius 1 is 0.912 bits per heavy atom. The monoisotopic (exact) mass is 455 g/mol. The first-order valence-electron chi connectivity index (χ1n) is 10.9. The minimum absolute atomic E-state index is 0.0227. The van der Waals surface area contributed by atoms with Crippen molar-refractivity contribution in [3.8, 4) is 11.4 Å². The molecule has 6 nitrogen and oxygen atoms in total. The van der Waals surface area contributed by atoms with Crippen molar-refractivity contribution in [1.29, 1.82) is 0 Å². The van der Waals surface area contributed by atoms with Crippen LogP contribution in [0.15, 0.2) is 73.1 Å². The van der Waals surface area contributed by atoms with Crippen LogP contribution in [0.4, 0.5) is 21.7 Å². The topological polar surface area (TPSA) is 79.8 Å². The number of carbonyl (C=O) groups excluding carboxylic acids is 1. The SMILES string of the molecule is Cc1c(NC(=O)c2ccc(C(C)(C)C)cc2)cccc1-c1ncnc(Nc2ccc(F)cc2)n1. The van der Waals surface area contributed by atoms with Gasteiger partial charge in [0.25, 0.3) is 5.91 Å². The van der Waals surface area contributed by atoms with E-state index in [1.807, 2.05) is 49.4 Å². The lowest BCUT2D eigenvalue weighted by molar-refractivity contribution is 0.102. The Bertz CT molecular complexity index is 1310. The largest absolute Gasteiger partial charge is 0.324 e. The summed E-state index contributed by atoms with van der Waals surface area (Å²) in [5, 5.41) is 6.04. The van der Waals surface area contributed by atoms with Gasteiger partial charge in [-0.05, 0) is 65.9 Å². The van der Waals surface area contributed by atoms with Crippen LogP contribution in [0.5, 0.6) is 0 Å². The van der Waals surface area contributed by atoms with E-state index in [1.54, 1.807) is 12.1 Å². The maximum atomic E-state index is 13.2. The Morgan fingerprint density at radius 3 is 2.29 bits per heavy atom. The molecule has 0 atom stereocenters. The van der Waals surface area contributed by atoms with Gasteiger partial charge in [-0.2, -0.15) is 4.98 Å². The van der Waals surface area contributed by atoms with E-state index < -0.39 is 0 Å². The van der Waals surface area contributed by atoms with E-state index in [0.29, 0.717) is 28.7 Å². The molecule has 172 valence electrons. The summed E-state index contributed by atoms with van der Waals surface area (Å²) in [5.74, 6) is 0.295. The quantitative estimate of drug-likeness (QED) is 0.370. The molecule has 2 N–H and O–H groups in total. The number of hydrogen-bond acceptors (Lipinski definition) is 5. The molecule has 0 bridgehead atoms. The van der Waals surface area contributed by atoms with E-state index in [0.717, 1.165) is 11.1 Å². The van der Waals surface area contributed by atoms with Crippen LogP contribution in [0.1, 0.15) is 42.3 Å². The van der Waals surface area contributed by atoms with E-state index in [1.165, 1.54) is 24.0 Å². The van der Waals surface area contributed by atoms with Crippen molar-refractivity contribution in [3.05, 3.63) is 95.6 Å². The molecule has 1 aromatic heterocycles. The van der Waals surface area contributed by atoms with Gasteiger partial charge < -0.3 is 10.6 Å². The van der Waals surface area contributed by atoms with E-state index in [2.05, 4.69) is 46.4 Å². The van der Waals surface area contributed by atoms with Gasteiger partial charge >= 0.3 is 0 Å². The normalized spacial score (nSPS) is 11.2. The maximum absolute atomic E-state index is 13.2. The van der Waals surface area contributed by atoms with Crippen LogP contribution in [0.25, 0.3) is 11.4 Å². The Labute approximate surface area is 198 Å². The zero-order valence-corrected chi connectivity index (χ0v) is 19.6. The van der Waals surface area contributed by atoms with Crippen LogP contribution in [0.2, 0.25) is 0 Å². The zero-order valence-electron chi connectivity index (χ0n) is 19.6. The van der Waals surface area contributed by atoms with Gasteiger partial charge in [0.05, 0.1) is 0 Å². The number of halogens is 1. The zero-order chi connectivity index (χ0) is 24.3. The third kappa shape index (κ3) is 5.26. The Kier molecular flexibility index (Phi) is 6.36. The molecule has 0 fully saturated rings. The number of hydrogen-bond donors (Lipinski definition) is 2. The molecule has 1 heterocycles. The number of nitrogens with one attached hydrogen (secondary N) is 2. The molecule has 0 aliphatic heterocycles. The summed E-state index contributed by atoms with van der Waals surface area (Å²) in [7, 11) is 0. The fourth-order valence-electron chi connectivity index (χ4n) is 3.48. The highest BCUT2D eigenvalue weighted by Crippen LogP contribution is 2.28. The van der Waals surface area contributed by atoms with E-state index in [9.17, 15) is 9.18 Å². The molecule has 1 amide bonds. The third-order valence-corrected chi connectivity index (χ3v) is 5.51. The molecule has 0 aliphatic rings. The predicted octanol–water partition coefficient (Wildman–Crippen LogP) is 6.28. The molecule has 7 heteroatoms. The molecule has 4 aromatic rings. The fraction of sp³-hybridized carbons (Fsp3) is 0.185. The van der Waals surface area contributed by atoms with Gasteiger partial charge in [-0.1, -0.05) is 45.0 Å². The van der Waals surface area contributed by atoms with Gasteiger partial charge in [0, 0.05) is 22.5 Å². The number of amides is 1. The second-order valence-corrected chi connectivity index (χ2v) is 9.02. The molecule has 3 aromatic carbocycles. The van der Waals surface area contributed by atoms with Crippen molar-refractivity contribution in [2.75, 3.05) is 10.6 Å². The Balaban J connectivity index is 1.55. The smallest absolute Gasteiger partial charge is 0.255 e. The molecule has 0 unspecified atom stereocenters. The standard InChI is InChI=1S/C27H26FN5O/c1-17-22(24-29-16-30-26(33-24)31-21-14-12-20(28)13-15-21)6-5-7-23(17)32-25(34)18-8-10-19(11-9-18)27(2,3)4/h5-16H,1-4H3,(H,32,34)(H,29,30,31,33). The highest BCUT2D eigenvalue weighted by atomic mass is 19.1. The molecule has 0 spiro atoms. The van der Waals surface area contributed by atoms with Crippen molar-refractivity contribution in [2.45, 2.75) is 33.1 Å². The van der Waals surface area contributed by atoms with E-state index in [-0.39, 0.29) is 17.1 Å². The molecule has 0 saturated heterocycles. The van der Waals surface area contributed by atoms with Crippen LogP contribution in [-0.4, -0.2) is 20.9 Å². The number of rotatable bonds is 5. The first kappa shape index (κ1) is 23.0. The van der Waals surface area contributed by atoms with Gasteiger partial charge in [0.1, 0.15) is 12.1 Å². The average Bonchev–Trinajstić information content (AvgIpc) is 2.81. The number of nitrogens with zero attached hydrogens (tertiary/aromatic N) is 3. The van der Waals surface area contributed by atoms with Gasteiger partial charge in [-0.25, -0.2) is 14.4 Å². The average molecular weight is 456 g/mol. The molecule has 4 rings (SSSR count). The van der Waals surface area contributed by atoms with Crippen LogP contribution in [0, 0.1) is 12.7 Å². The predicted molar refractivity (Wildman–Crippen MR) is 133 cm³/mol. The lowest BCUT2D eigenvalue weighted by Crippen LogP contribution is -2.15. The van der Waals surface area contributed by atoms with Crippen molar-refractivity contribution in [3.63, 3.8) is 0 Å². The van der Waals surface area contributed by atoms with Crippen LogP contribution in [-0.2, 0) is 5.41 Å². The van der Waals surface area contributed by atoms with Gasteiger partial charge in [-0.3, -0.25) is 4.79 Å². The lowest BCUT2D eigenvalue weighted by Gasteiger charge is -2.19. The summed E-state index contributed by atoms with van der Waals surface area (Å²) in [6, 6.07) is 19.2. The van der Waals surface area contributed by atoms with Gasteiger partial charge in [0.15, 0.2) is 5.82 Å². The molecule has 0 saturated carbocycles. The van der Waals surface area contributed by atoms with Crippen molar-refractivity contribution < 1.29 is 9.18 Å². The summed E-state index contributed by atoms with van der Waals surface area (Å²) in [5.41, 5.74) is 4.72. The molecule has 34 heavy (non-hydrogen) atoms. The fourth-order valence-corrected chi connectivity index (χ4v) is 3.48. The molecule has 0 aliphatic carbocycles. The van der Waals surface area contributed by atoms with Crippen LogP contribution < -0.4 is 10.6 Å². The van der Waals surface area contributed by atoms with Crippen molar-refractivity contribution in [2.24, 2.45) is 0 Å². The first-order valence-corrected chi connectivity index (χ1v) is 10.9. The Morgan fingerprint density at radius 2 is 1.62 bits per heavy atom. The van der Waals surface area contributed by atoms with Gasteiger partial charge in [0.2, 0.25) is 5.95 Å². The summed E-state index contributed by atoms with van der Waals surface area (Å²) in [4.78, 5) is 25.8. The summed E-state index contributed by atoms with van der Waals surface area (Å²) >= 11 is 0. The lowest BCUT2D eigenvalue weighted by atomic mass is 9.86.